The average molecular weight is 207 g/mol. The second-order valence-corrected chi connectivity index (χ2v) is 3.00. The van der Waals surface area contributed by atoms with Crippen molar-refractivity contribution in [3.63, 3.8) is 0 Å². The van der Waals surface area contributed by atoms with Gasteiger partial charge in [0.15, 0.2) is 0 Å². The predicted octanol–water partition coefficient (Wildman–Crippen LogP) is 1.39. The van der Waals surface area contributed by atoms with Crippen molar-refractivity contribution in [3.05, 3.63) is 29.6 Å². The van der Waals surface area contributed by atoms with Gasteiger partial charge in [0.25, 0.3) is 0 Å². The van der Waals surface area contributed by atoms with E-state index in [0.717, 1.165) is 11.8 Å². The number of pyridine rings is 1. The minimum absolute atomic E-state index is 0.252. The third-order valence-electron chi connectivity index (χ3n) is 1.97. The molecular formula is C11H13NO3. The minimum atomic E-state index is -0.252. The Labute approximate surface area is 88.3 Å². The molecule has 1 rings (SSSR count). The number of aryl methyl sites for hydroxylation is 1. The van der Waals surface area contributed by atoms with Gasteiger partial charge in [-0.2, -0.15) is 0 Å². The van der Waals surface area contributed by atoms with Crippen molar-refractivity contribution in [2.75, 3.05) is 6.61 Å². The largest absolute Gasteiger partial charge is 0.466 e. The van der Waals surface area contributed by atoms with Crippen LogP contribution in [-0.2, 0) is 16.0 Å². The van der Waals surface area contributed by atoms with Crippen molar-refractivity contribution >= 4 is 12.3 Å². The van der Waals surface area contributed by atoms with Gasteiger partial charge in [0.1, 0.15) is 6.29 Å². The van der Waals surface area contributed by atoms with Gasteiger partial charge >= 0.3 is 5.97 Å². The molecule has 0 saturated carbocycles. The van der Waals surface area contributed by atoms with Gasteiger partial charge in [0, 0.05) is 24.4 Å². The normalized spacial score (nSPS) is 9.67. The zero-order valence-corrected chi connectivity index (χ0v) is 8.60. The molecule has 0 aliphatic heterocycles. The zero-order chi connectivity index (χ0) is 11.1. The Kier molecular flexibility index (Phi) is 4.47. The first-order valence-corrected chi connectivity index (χ1v) is 4.81. The molecule has 1 aromatic heterocycles. The fourth-order valence-corrected chi connectivity index (χ4v) is 1.23. The molecule has 0 radical (unpaired) electrons. The summed E-state index contributed by atoms with van der Waals surface area (Å²) in [6.45, 7) is 2.14. The monoisotopic (exact) mass is 207 g/mol. The van der Waals surface area contributed by atoms with Crippen LogP contribution < -0.4 is 0 Å². The van der Waals surface area contributed by atoms with Gasteiger partial charge in [-0.1, -0.05) is 0 Å². The molecule has 0 fully saturated rings. The van der Waals surface area contributed by atoms with Crippen LogP contribution >= 0.6 is 0 Å². The molecular weight excluding hydrogens is 194 g/mol. The molecule has 0 atom stereocenters. The highest BCUT2D eigenvalue weighted by atomic mass is 16.5. The lowest BCUT2D eigenvalue weighted by Gasteiger charge is -2.03. The highest BCUT2D eigenvalue weighted by molar-refractivity contribution is 5.77. The molecule has 0 aliphatic rings. The third-order valence-corrected chi connectivity index (χ3v) is 1.97. The average Bonchev–Trinajstić information content (AvgIpc) is 2.27. The van der Waals surface area contributed by atoms with Crippen LogP contribution in [0.4, 0.5) is 0 Å². The first-order valence-electron chi connectivity index (χ1n) is 4.81. The Hall–Kier alpha value is -1.71. The van der Waals surface area contributed by atoms with Crippen LogP contribution in [-0.4, -0.2) is 23.8 Å². The second kappa shape index (κ2) is 5.90. The van der Waals surface area contributed by atoms with Crippen molar-refractivity contribution < 1.29 is 14.3 Å². The summed E-state index contributed by atoms with van der Waals surface area (Å²) in [4.78, 5) is 25.6. The molecule has 1 heterocycles. The van der Waals surface area contributed by atoms with Crippen LogP contribution in [0.25, 0.3) is 0 Å². The molecule has 0 amide bonds. The maximum atomic E-state index is 11.1. The van der Waals surface area contributed by atoms with Crippen LogP contribution in [0.5, 0.6) is 0 Å². The number of carbonyl (C=O) groups is 2. The van der Waals surface area contributed by atoms with E-state index in [1.54, 1.807) is 25.4 Å². The number of hydrogen-bond acceptors (Lipinski definition) is 4. The second-order valence-electron chi connectivity index (χ2n) is 3.00. The van der Waals surface area contributed by atoms with Crippen LogP contribution in [0.3, 0.4) is 0 Å². The third kappa shape index (κ3) is 3.50. The summed E-state index contributed by atoms with van der Waals surface area (Å²) < 4.78 is 4.79. The van der Waals surface area contributed by atoms with Crippen molar-refractivity contribution in [3.8, 4) is 0 Å². The van der Waals surface area contributed by atoms with E-state index in [9.17, 15) is 9.59 Å². The highest BCUT2D eigenvalue weighted by Crippen LogP contribution is 2.07. The lowest BCUT2D eigenvalue weighted by molar-refractivity contribution is -0.143. The fourth-order valence-electron chi connectivity index (χ4n) is 1.23. The molecule has 0 aliphatic carbocycles. The lowest BCUT2D eigenvalue weighted by Crippen LogP contribution is -2.06. The maximum absolute atomic E-state index is 11.1. The van der Waals surface area contributed by atoms with E-state index in [0.29, 0.717) is 18.6 Å². The summed E-state index contributed by atoms with van der Waals surface area (Å²) >= 11 is 0. The standard InChI is InChI=1S/C11H13NO3/c1-2-15-11(14)4-3-9-7-12-6-5-10(9)8-13/h5-8H,2-4H2,1H3. The van der Waals surface area contributed by atoms with E-state index in [1.807, 2.05) is 0 Å². The summed E-state index contributed by atoms with van der Waals surface area (Å²) in [5, 5.41) is 0. The van der Waals surface area contributed by atoms with Crippen LogP contribution in [0, 0.1) is 0 Å². The predicted molar refractivity (Wildman–Crippen MR) is 54.6 cm³/mol. The summed E-state index contributed by atoms with van der Waals surface area (Å²) in [5.41, 5.74) is 1.36. The van der Waals surface area contributed by atoms with Gasteiger partial charge in [-0.25, -0.2) is 0 Å². The molecule has 0 bridgehead atoms. The smallest absolute Gasteiger partial charge is 0.306 e. The Balaban J connectivity index is 2.57. The molecule has 1 aromatic rings. The Morgan fingerprint density at radius 3 is 3.07 bits per heavy atom. The fraction of sp³-hybridized carbons (Fsp3) is 0.364. The van der Waals surface area contributed by atoms with Gasteiger partial charge in [-0.15, -0.1) is 0 Å². The van der Waals surface area contributed by atoms with E-state index in [1.165, 1.54) is 0 Å². The first kappa shape index (κ1) is 11.4. The van der Waals surface area contributed by atoms with Crippen molar-refractivity contribution in [1.82, 2.24) is 4.98 Å². The molecule has 0 aromatic carbocycles. The lowest BCUT2D eigenvalue weighted by atomic mass is 10.1. The molecule has 0 saturated heterocycles. The summed E-state index contributed by atoms with van der Waals surface area (Å²) in [6.07, 6.45) is 4.68. The molecule has 4 nitrogen and oxygen atoms in total. The number of nitrogens with zero attached hydrogens (tertiary/aromatic N) is 1. The maximum Gasteiger partial charge on any atom is 0.306 e. The van der Waals surface area contributed by atoms with E-state index < -0.39 is 0 Å². The summed E-state index contributed by atoms with van der Waals surface area (Å²) in [7, 11) is 0. The number of ether oxygens (including phenoxy) is 1. The van der Waals surface area contributed by atoms with E-state index in [4.69, 9.17) is 4.74 Å². The van der Waals surface area contributed by atoms with E-state index in [-0.39, 0.29) is 12.4 Å². The van der Waals surface area contributed by atoms with Crippen LogP contribution in [0.15, 0.2) is 18.5 Å². The molecule has 80 valence electrons. The van der Waals surface area contributed by atoms with Gasteiger partial charge in [-0.05, 0) is 25.0 Å². The Morgan fingerprint density at radius 1 is 1.60 bits per heavy atom. The Bertz CT molecular complexity index is 349. The van der Waals surface area contributed by atoms with Crippen molar-refractivity contribution in [2.45, 2.75) is 19.8 Å². The summed E-state index contributed by atoms with van der Waals surface area (Å²) in [6, 6.07) is 1.63. The van der Waals surface area contributed by atoms with Crippen LogP contribution in [0.2, 0.25) is 0 Å². The van der Waals surface area contributed by atoms with Crippen molar-refractivity contribution in [2.24, 2.45) is 0 Å². The summed E-state index contributed by atoms with van der Waals surface area (Å²) in [5.74, 6) is -0.252. The molecule has 15 heavy (non-hydrogen) atoms. The molecule has 0 spiro atoms. The van der Waals surface area contributed by atoms with Gasteiger partial charge in [0.2, 0.25) is 0 Å². The minimum Gasteiger partial charge on any atom is -0.466 e. The van der Waals surface area contributed by atoms with E-state index in [2.05, 4.69) is 4.98 Å². The van der Waals surface area contributed by atoms with Crippen molar-refractivity contribution in [1.29, 1.82) is 0 Å². The first-order chi connectivity index (χ1) is 7.27. The number of carbonyl (C=O) groups excluding carboxylic acids is 2. The SMILES string of the molecule is CCOC(=O)CCc1cnccc1C=O. The van der Waals surface area contributed by atoms with Crippen LogP contribution in [0.1, 0.15) is 29.3 Å². The van der Waals surface area contributed by atoms with E-state index >= 15 is 0 Å². The van der Waals surface area contributed by atoms with Gasteiger partial charge in [-0.3, -0.25) is 14.6 Å². The number of aldehydes is 1. The number of rotatable bonds is 5. The topological polar surface area (TPSA) is 56.3 Å². The quantitative estimate of drug-likeness (QED) is 0.540. The molecule has 0 N–H and O–H groups in total. The highest BCUT2D eigenvalue weighted by Gasteiger charge is 2.05. The van der Waals surface area contributed by atoms with Gasteiger partial charge < -0.3 is 4.74 Å². The Morgan fingerprint density at radius 2 is 2.40 bits per heavy atom. The number of aromatic nitrogens is 1. The number of esters is 1. The molecule has 0 unspecified atom stereocenters. The zero-order valence-electron chi connectivity index (χ0n) is 8.60. The van der Waals surface area contributed by atoms with Gasteiger partial charge in [0.05, 0.1) is 6.61 Å². The number of hydrogen-bond donors (Lipinski definition) is 0. The molecule has 4 heteroatoms.